The molecule has 1 aliphatic heterocycles. The molecule has 0 bridgehead atoms. The molecule has 2 aliphatic rings. The second-order valence-electron chi connectivity index (χ2n) is 6.60. The van der Waals surface area contributed by atoms with E-state index in [-0.39, 0.29) is 11.9 Å². The van der Waals surface area contributed by atoms with Crippen LogP contribution >= 0.6 is 0 Å². The molecule has 5 heteroatoms. The summed E-state index contributed by atoms with van der Waals surface area (Å²) >= 11 is 0. The first-order valence-electron chi connectivity index (χ1n) is 7.73. The highest BCUT2D eigenvalue weighted by molar-refractivity contribution is 5.79. The topological polar surface area (TPSA) is 82.2 Å². The van der Waals surface area contributed by atoms with E-state index in [4.69, 9.17) is 5.73 Å². The Kier molecular flexibility index (Phi) is 5.00. The molecule has 0 spiro atoms. The van der Waals surface area contributed by atoms with Crippen LogP contribution in [-0.2, 0) is 4.79 Å². The van der Waals surface area contributed by atoms with Gasteiger partial charge in [0.15, 0.2) is 0 Å². The van der Waals surface area contributed by atoms with Crippen molar-refractivity contribution in [1.29, 1.82) is 5.26 Å². The molecule has 0 aromatic carbocycles. The molecule has 0 aromatic rings. The van der Waals surface area contributed by atoms with Crippen LogP contribution in [0.15, 0.2) is 0 Å². The molecule has 2 fully saturated rings. The summed E-state index contributed by atoms with van der Waals surface area (Å²) in [5.41, 5.74) is 5.38. The normalized spacial score (nSPS) is 30.4. The van der Waals surface area contributed by atoms with Gasteiger partial charge in [-0.3, -0.25) is 9.69 Å². The molecule has 0 radical (unpaired) electrons. The maximum atomic E-state index is 12.2. The lowest BCUT2D eigenvalue weighted by Gasteiger charge is -2.36. The van der Waals surface area contributed by atoms with Crippen molar-refractivity contribution >= 4 is 5.91 Å². The van der Waals surface area contributed by atoms with Crippen LogP contribution in [0, 0.1) is 17.2 Å². The second-order valence-corrected chi connectivity index (χ2v) is 6.60. The monoisotopic (exact) mass is 278 g/mol. The fourth-order valence-corrected chi connectivity index (χ4v) is 3.57. The minimum atomic E-state index is -0.626. The maximum absolute atomic E-state index is 12.2. The number of nitrogens with two attached hydrogens (primary N) is 1. The van der Waals surface area contributed by atoms with Gasteiger partial charge in [-0.15, -0.1) is 0 Å². The van der Waals surface area contributed by atoms with Crippen molar-refractivity contribution < 1.29 is 4.79 Å². The lowest BCUT2D eigenvalue weighted by atomic mass is 9.83. The van der Waals surface area contributed by atoms with E-state index in [2.05, 4.69) is 23.2 Å². The summed E-state index contributed by atoms with van der Waals surface area (Å²) in [6.07, 6.45) is 5.81. The molecule has 1 saturated heterocycles. The van der Waals surface area contributed by atoms with Gasteiger partial charge in [0.1, 0.15) is 5.54 Å². The molecule has 112 valence electrons. The number of nitrogens with zero attached hydrogens (tertiary/aromatic N) is 2. The molecule has 2 unspecified atom stereocenters. The van der Waals surface area contributed by atoms with Gasteiger partial charge in [-0.2, -0.15) is 5.26 Å². The molecular formula is C15H26N4O. The van der Waals surface area contributed by atoms with Crippen LogP contribution in [0.5, 0.6) is 0 Å². The zero-order chi connectivity index (χ0) is 14.6. The van der Waals surface area contributed by atoms with Gasteiger partial charge in [0, 0.05) is 19.1 Å². The SMILES string of the molecule is CC1CC(N)CN(CC(=O)NC2(C#N)CCCCC2)C1. The second kappa shape index (κ2) is 6.55. The third-order valence-corrected chi connectivity index (χ3v) is 4.43. The highest BCUT2D eigenvalue weighted by Crippen LogP contribution is 2.27. The number of carbonyl (C=O) groups is 1. The van der Waals surface area contributed by atoms with Gasteiger partial charge in [-0.1, -0.05) is 26.2 Å². The third-order valence-electron chi connectivity index (χ3n) is 4.43. The van der Waals surface area contributed by atoms with E-state index < -0.39 is 5.54 Å². The van der Waals surface area contributed by atoms with E-state index >= 15 is 0 Å². The molecule has 20 heavy (non-hydrogen) atoms. The van der Waals surface area contributed by atoms with Gasteiger partial charge >= 0.3 is 0 Å². The quantitative estimate of drug-likeness (QED) is 0.807. The van der Waals surface area contributed by atoms with Crippen LogP contribution in [-0.4, -0.2) is 42.0 Å². The Morgan fingerprint density at radius 1 is 1.40 bits per heavy atom. The largest absolute Gasteiger partial charge is 0.337 e. The van der Waals surface area contributed by atoms with Crippen LogP contribution in [0.4, 0.5) is 0 Å². The van der Waals surface area contributed by atoms with E-state index in [1.54, 1.807) is 0 Å². The number of nitrogens with one attached hydrogen (secondary N) is 1. The highest BCUT2D eigenvalue weighted by Gasteiger charge is 2.34. The predicted octanol–water partition coefficient (Wildman–Crippen LogP) is 0.998. The molecule has 1 heterocycles. The lowest BCUT2D eigenvalue weighted by molar-refractivity contribution is -0.124. The highest BCUT2D eigenvalue weighted by atomic mass is 16.2. The Morgan fingerprint density at radius 3 is 2.70 bits per heavy atom. The Morgan fingerprint density at radius 2 is 2.10 bits per heavy atom. The molecule has 3 N–H and O–H groups in total. The summed E-state index contributed by atoms with van der Waals surface area (Å²) in [6, 6.07) is 2.49. The van der Waals surface area contributed by atoms with Crippen LogP contribution in [0.3, 0.4) is 0 Å². The van der Waals surface area contributed by atoms with E-state index in [0.29, 0.717) is 12.5 Å². The summed E-state index contributed by atoms with van der Waals surface area (Å²) in [5, 5.41) is 12.4. The van der Waals surface area contributed by atoms with Crippen molar-refractivity contribution in [3.63, 3.8) is 0 Å². The molecule has 1 amide bonds. The van der Waals surface area contributed by atoms with Gasteiger partial charge in [0.2, 0.25) is 5.91 Å². The first-order valence-corrected chi connectivity index (χ1v) is 7.73. The first-order chi connectivity index (χ1) is 9.53. The van der Waals surface area contributed by atoms with Crippen LogP contribution in [0.1, 0.15) is 45.4 Å². The van der Waals surface area contributed by atoms with Crippen molar-refractivity contribution in [2.75, 3.05) is 19.6 Å². The van der Waals surface area contributed by atoms with E-state index in [1.807, 2.05) is 0 Å². The number of nitriles is 1. The number of rotatable bonds is 3. The Balaban J connectivity index is 1.87. The molecule has 1 aliphatic carbocycles. The average Bonchev–Trinajstić information content (AvgIpc) is 2.38. The number of piperidine rings is 1. The van der Waals surface area contributed by atoms with E-state index in [9.17, 15) is 10.1 Å². The fourth-order valence-electron chi connectivity index (χ4n) is 3.57. The van der Waals surface area contributed by atoms with Crippen LogP contribution in [0.25, 0.3) is 0 Å². The summed E-state index contributed by atoms with van der Waals surface area (Å²) in [7, 11) is 0. The average molecular weight is 278 g/mol. The van der Waals surface area contributed by atoms with E-state index in [0.717, 1.165) is 51.6 Å². The molecule has 5 nitrogen and oxygen atoms in total. The van der Waals surface area contributed by atoms with Gasteiger partial charge in [0.05, 0.1) is 12.6 Å². The number of carbonyl (C=O) groups excluding carboxylic acids is 1. The summed E-state index contributed by atoms with van der Waals surface area (Å²) in [6.45, 7) is 4.22. The van der Waals surface area contributed by atoms with Crippen molar-refractivity contribution in [3.05, 3.63) is 0 Å². The summed E-state index contributed by atoms with van der Waals surface area (Å²) < 4.78 is 0. The summed E-state index contributed by atoms with van der Waals surface area (Å²) in [5.74, 6) is 0.501. The first kappa shape index (κ1) is 15.3. The van der Waals surface area contributed by atoms with Gasteiger partial charge in [-0.25, -0.2) is 0 Å². The zero-order valence-electron chi connectivity index (χ0n) is 12.4. The van der Waals surface area contributed by atoms with Crippen molar-refractivity contribution in [2.45, 2.75) is 57.0 Å². The number of likely N-dealkylation sites (tertiary alicyclic amines) is 1. The number of hydrogen-bond acceptors (Lipinski definition) is 4. The minimum absolute atomic E-state index is 0.0326. The van der Waals surface area contributed by atoms with Crippen LogP contribution in [0.2, 0.25) is 0 Å². The van der Waals surface area contributed by atoms with Gasteiger partial charge in [0.25, 0.3) is 0 Å². The maximum Gasteiger partial charge on any atom is 0.235 e. The standard InChI is InChI=1S/C15H26N4O/c1-12-7-13(17)9-19(8-12)10-14(20)18-15(11-16)5-3-2-4-6-15/h12-13H,2-10,17H2,1H3,(H,18,20). The van der Waals surface area contributed by atoms with Gasteiger partial charge in [-0.05, 0) is 25.2 Å². The predicted molar refractivity (Wildman–Crippen MR) is 77.8 cm³/mol. The Labute approximate surface area is 121 Å². The van der Waals surface area contributed by atoms with Gasteiger partial charge < -0.3 is 11.1 Å². The minimum Gasteiger partial charge on any atom is -0.337 e. The molecule has 2 atom stereocenters. The molecule has 2 rings (SSSR count). The number of amides is 1. The molecular weight excluding hydrogens is 252 g/mol. The lowest BCUT2D eigenvalue weighted by Crippen LogP contribution is -2.54. The molecule has 1 saturated carbocycles. The van der Waals surface area contributed by atoms with Crippen molar-refractivity contribution in [2.24, 2.45) is 11.7 Å². The van der Waals surface area contributed by atoms with Crippen molar-refractivity contribution in [1.82, 2.24) is 10.2 Å². The number of hydrogen-bond donors (Lipinski definition) is 2. The zero-order valence-corrected chi connectivity index (χ0v) is 12.4. The van der Waals surface area contributed by atoms with E-state index in [1.165, 1.54) is 0 Å². The van der Waals surface area contributed by atoms with Crippen LogP contribution < -0.4 is 11.1 Å². The fraction of sp³-hybridized carbons (Fsp3) is 0.867. The Hall–Kier alpha value is -1.12. The van der Waals surface area contributed by atoms with Crippen molar-refractivity contribution in [3.8, 4) is 6.07 Å². The molecule has 0 aromatic heterocycles. The summed E-state index contributed by atoms with van der Waals surface area (Å²) in [4.78, 5) is 14.3. The Bertz CT molecular complexity index is 374. The third kappa shape index (κ3) is 3.94. The smallest absolute Gasteiger partial charge is 0.235 e.